The van der Waals surface area contributed by atoms with Gasteiger partial charge in [-0.05, 0) is 48.9 Å². The summed E-state index contributed by atoms with van der Waals surface area (Å²) in [5, 5.41) is 3.16. The molecule has 0 bridgehead atoms. The molecule has 0 aromatic heterocycles. The summed E-state index contributed by atoms with van der Waals surface area (Å²) >= 11 is 5.83. The smallest absolute Gasteiger partial charge is 0.261 e. The van der Waals surface area contributed by atoms with E-state index in [4.69, 9.17) is 22.3 Å². The van der Waals surface area contributed by atoms with Crippen molar-refractivity contribution in [1.29, 1.82) is 0 Å². The van der Waals surface area contributed by atoms with Gasteiger partial charge in [0, 0.05) is 27.0 Å². The van der Waals surface area contributed by atoms with Crippen LogP contribution in [0.3, 0.4) is 0 Å². The summed E-state index contributed by atoms with van der Waals surface area (Å²) < 4.78 is 22.5. The molecule has 21 heavy (non-hydrogen) atoms. The summed E-state index contributed by atoms with van der Waals surface area (Å²) in [5.74, 6) is -0.331. The van der Waals surface area contributed by atoms with E-state index in [1.807, 2.05) is 0 Å². The van der Waals surface area contributed by atoms with E-state index in [2.05, 4.69) is 5.32 Å². The van der Waals surface area contributed by atoms with Crippen molar-refractivity contribution in [3.8, 4) is 0 Å². The summed E-state index contributed by atoms with van der Waals surface area (Å²) in [4.78, 5) is 12.1. The molecule has 0 aliphatic rings. The number of aryl methyl sites for hydroxylation is 1. The summed E-state index contributed by atoms with van der Waals surface area (Å²) in [5.41, 5.74) is 1.51. The van der Waals surface area contributed by atoms with E-state index in [-0.39, 0.29) is 10.8 Å². The van der Waals surface area contributed by atoms with Crippen LogP contribution in [0.2, 0.25) is 5.02 Å². The van der Waals surface area contributed by atoms with E-state index in [0.29, 0.717) is 21.8 Å². The van der Waals surface area contributed by atoms with Crippen LogP contribution in [0.1, 0.15) is 15.9 Å². The van der Waals surface area contributed by atoms with Gasteiger partial charge in [0.1, 0.15) is 0 Å². The van der Waals surface area contributed by atoms with Crippen molar-refractivity contribution in [1.82, 2.24) is 0 Å². The molecule has 2 rings (SSSR count). The lowest BCUT2D eigenvalue weighted by Gasteiger charge is -2.09. The highest BCUT2D eigenvalue weighted by Crippen LogP contribution is 2.23. The van der Waals surface area contributed by atoms with Gasteiger partial charge in [-0.3, -0.25) is 4.79 Å². The number of amides is 1. The Labute approximate surface area is 132 Å². The third-order valence-electron chi connectivity index (χ3n) is 2.81. The van der Waals surface area contributed by atoms with Crippen LogP contribution in [0.25, 0.3) is 0 Å². The summed E-state index contributed by atoms with van der Waals surface area (Å²) in [6, 6.07) is 10.8. The van der Waals surface area contributed by atoms with Crippen molar-refractivity contribution in [2.24, 2.45) is 0 Å². The third kappa shape index (κ3) is 3.97. The number of carbonyl (C=O) groups excluding carboxylic acids is 1. The first kappa shape index (κ1) is 15.8. The molecule has 0 atom stereocenters. The van der Waals surface area contributed by atoms with Crippen LogP contribution in [0.5, 0.6) is 0 Å². The van der Waals surface area contributed by atoms with Crippen LogP contribution >= 0.6 is 22.3 Å². The van der Waals surface area contributed by atoms with Gasteiger partial charge in [-0.25, -0.2) is 8.42 Å². The maximum absolute atomic E-state index is 12.1. The van der Waals surface area contributed by atoms with Gasteiger partial charge >= 0.3 is 0 Å². The summed E-state index contributed by atoms with van der Waals surface area (Å²) in [6.07, 6.45) is 0. The number of hydrogen-bond donors (Lipinski definition) is 1. The minimum atomic E-state index is -3.79. The van der Waals surface area contributed by atoms with Crippen LogP contribution in [-0.2, 0) is 9.05 Å². The molecule has 1 amide bonds. The zero-order chi connectivity index (χ0) is 15.6. The van der Waals surface area contributed by atoms with E-state index in [9.17, 15) is 13.2 Å². The topological polar surface area (TPSA) is 63.2 Å². The maximum atomic E-state index is 12.1. The van der Waals surface area contributed by atoms with Gasteiger partial charge in [0.2, 0.25) is 0 Å². The first-order valence-corrected chi connectivity index (χ1v) is 8.58. The van der Waals surface area contributed by atoms with E-state index >= 15 is 0 Å². The first-order chi connectivity index (χ1) is 9.77. The average Bonchev–Trinajstić information content (AvgIpc) is 2.39. The Morgan fingerprint density at radius 1 is 1.14 bits per heavy atom. The Balaban J connectivity index is 2.26. The highest BCUT2D eigenvalue weighted by molar-refractivity contribution is 8.13. The zero-order valence-electron chi connectivity index (χ0n) is 10.9. The van der Waals surface area contributed by atoms with Crippen LogP contribution in [0.4, 0.5) is 5.69 Å². The van der Waals surface area contributed by atoms with Gasteiger partial charge < -0.3 is 5.32 Å². The molecule has 0 saturated carbocycles. The molecule has 2 aromatic carbocycles. The monoisotopic (exact) mass is 343 g/mol. The Hall–Kier alpha value is -1.56. The maximum Gasteiger partial charge on any atom is 0.261 e. The van der Waals surface area contributed by atoms with Crippen molar-refractivity contribution >= 4 is 42.9 Å². The number of carbonyl (C=O) groups is 1. The van der Waals surface area contributed by atoms with Gasteiger partial charge in [-0.1, -0.05) is 17.7 Å². The Morgan fingerprint density at radius 2 is 1.86 bits per heavy atom. The van der Waals surface area contributed by atoms with Gasteiger partial charge in [0.25, 0.3) is 15.0 Å². The molecule has 110 valence electrons. The van der Waals surface area contributed by atoms with Crippen molar-refractivity contribution < 1.29 is 13.2 Å². The number of anilines is 1. The minimum absolute atomic E-state index is 0.0116. The van der Waals surface area contributed by atoms with Gasteiger partial charge in [-0.2, -0.15) is 0 Å². The predicted molar refractivity (Wildman–Crippen MR) is 83.6 cm³/mol. The average molecular weight is 344 g/mol. The fourth-order valence-corrected chi connectivity index (χ4v) is 2.78. The quantitative estimate of drug-likeness (QED) is 0.861. The molecule has 1 N–H and O–H groups in total. The SMILES string of the molecule is Cc1cc(S(=O)(=O)Cl)ccc1NC(=O)c1cccc(Cl)c1. The first-order valence-electron chi connectivity index (χ1n) is 5.89. The Morgan fingerprint density at radius 3 is 2.43 bits per heavy atom. The van der Waals surface area contributed by atoms with Crippen molar-refractivity contribution in [3.63, 3.8) is 0 Å². The Bertz CT molecular complexity index is 804. The van der Waals surface area contributed by atoms with Crippen LogP contribution in [-0.4, -0.2) is 14.3 Å². The summed E-state index contributed by atoms with van der Waals surface area (Å²) in [7, 11) is 1.49. The second-order valence-electron chi connectivity index (χ2n) is 4.38. The van der Waals surface area contributed by atoms with E-state index < -0.39 is 9.05 Å². The van der Waals surface area contributed by atoms with Crippen LogP contribution in [0.15, 0.2) is 47.4 Å². The Kier molecular flexibility index (Phi) is 4.56. The lowest BCUT2D eigenvalue weighted by atomic mass is 10.1. The van der Waals surface area contributed by atoms with Crippen molar-refractivity contribution in [2.45, 2.75) is 11.8 Å². The van der Waals surface area contributed by atoms with Crippen LogP contribution in [0, 0.1) is 6.92 Å². The fourth-order valence-electron chi connectivity index (χ4n) is 1.75. The number of benzene rings is 2. The molecule has 0 fully saturated rings. The molecule has 0 radical (unpaired) electrons. The molecule has 0 saturated heterocycles. The van der Waals surface area contributed by atoms with Crippen LogP contribution < -0.4 is 5.32 Å². The molecular formula is C14H11Cl2NO3S. The molecule has 4 nitrogen and oxygen atoms in total. The molecule has 7 heteroatoms. The zero-order valence-corrected chi connectivity index (χ0v) is 13.3. The highest BCUT2D eigenvalue weighted by atomic mass is 35.7. The third-order valence-corrected chi connectivity index (χ3v) is 4.40. The number of halogens is 2. The second kappa shape index (κ2) is 6.05. The minimum Gasteiger partial charge on any atom is -0.322 e. The largest absolute Gasteiger partial charge is 0.322 e. The van der Waals surface area contributed by atoms with E-state index in [0.717, 1.165) is 0 Å². The molecule has 0 unspecified atom stereocenters. The number of nitrogens with one attached hydrogen (secondary N) is 1. The van der Waals surface area contributed by atoms with Crippen molar-refractivity contribution in [2.75, 3.05) is 5.32 Å². The van der Waals surface area contributed by atoms with Gasteiger partial charge in [-0.15, -0.1) is 0 Å². The molecule has 0 aliphatic heterocycles. The number of rotatable bonds is 3. The molecule has 0 heterocycles. The lowest BCUT2D eigenvalue weighted by molar-refractivity contribution is 0.102. The fraction of sp³-hybridized carbons (Fsp3) is 0.0714. The summed E-state index contributed by atoms with van der Waals surface area (Å²) in [6.45, 7) is 1.68. The number of hydrogen-bond acceptors (Lipinski definition) is 3. The van der Waals surface area contributed by atoms with E-state index in [1.165, 1.54) is 18.2 Å². The lowest BCUT2D eigenvalue weighted by Crippen LogP contribution is -2.12. The van der Waals surface area contributed by atoms with Gasteiger partial charge in [0.05, 0.1) is 4.90 Å². The standard InChI is InChI=1S/C14H11Cl2NO3S/c1-9-7-12(21(16,19)20)5-6-13(9)17-14(18)10-3-2-4-11(15)8-10/h2-8H,1H3,(H,17,18). The predicted octanol–water partition coefficient (Wildman–Crippen LogP) is 3.83. The molecule has 2 aromatic rings. The normalized spacial score (nSPS) is 11.2. The van der Waals surface area contributed by atoms with Gasteiger partial charge in [0.15, 0.2) is 0 Å². The second-order valence-corrected chi connectivity index (χ2v) is 7.38. The van der Waals surface area contributed by atoms with E-state index in [1.54, 1.807) is 31.2 Å². The highest BCUT2D eigenvalue weighted by Gasteiger charge is 2.13. The molecular weight excluding hydrogens is 333 g/mol. The molecule has 0 aliphatic carbocycles. The van der Waals surface area contributed by atoms with Crippen molar-refractivity contribution in [3.05, 3.63) is 58.6 Å². The molecule has 0 spiro atoms.